The van der Waals surface area contributed by atoms with Crippen LogP contribution in [-0.2, 0) is 0 Å². The Morgan fingerprint density at radius 3 is 3.00 bits per heavy atom. The summed E-state index contributed by atoms with van der Waals surface area (Å²) in [4.78, 5) is 2.46. The van der Waals surface area contributed by atoms with Crippen molar-refractivity contribution >= 4 is 0 Å². The molecular weight excluding hydrogens is 136 g/mol. The first-order valence-corrected chi connectivity index (χ1v) is 4.28. The van der Waals surface area contributed by atoms with Crippen LogP contribution in [0.2, 0.25) is 0 Å². The third kappa shape index (κ3) is 1.15. The van der Waals surface area contributed by atoms with Crippen LogP contribution in [0, 0.1) is 11.8 Å². The molecule has 0 aromatic heterocycles. The molecule has 0 bridgehead atoms. The van der Waals surface area contributed by atoms with Crippen LogP contribution in [0.5, 0.6) is 0 Å². The van der Waals surface area contributed by atoms with E-state index in [1.807, 2.05) is 0 Å². The third-order valence-corrected chi connectivity index (χ3v) is 2.78. The van der Waals surface area contributed by atoms with Crippen LogP contribution in [-0.4, -0.2) is 30.1 Å². The Labute approximate surface area is 67.7 Å². The van der Waals surface area contributed by atoms with E-state index >= 15 is 0 Å². The molecule has 1 saturated heterocycles. The largest absolute Gasteiger partial charge is 0.329 e. The molecule has 60 valence electrons. The average Bonchev–Trinajstić information content (AvgIpc) is 2.64. The van der Waals surface area contributed by atoms with Gasteiger partial charge in [-0.25, -0.2) is 0 Å². The summed E-state index contributed by atoms with van der Waals surface area (Å²) in [6.07, 6.45) is 3.24. The van der Waals surface area contributed by atoms with Crippen LogP contribution in [0.15, 0.2) is 0 Å². The maximum Gasteiger partial charge on any atom is 0.0468 e. The minimum absolute atomic E-state index is 0.370. The first-order chi connectivity index (χ1) is 5.37. The molecule has 2 rings (SSSR count). The van der Waals surface area contributed by atoms with Gasteiger partial charge in [0.15, 0.2) is 0 Å². The van der Waals surface area contributed by atoms with Gasteiger partial charge in [0.1, 0.15) is 0 Å². The average molecular weight is 150 g/mol. The number of nitrogens with two attached hydrogens (primary N) is 1. The van der Waals surface area contributed by atoms with Gasteiger partial charge in [0, 0.05) is 38.0 Å². The minimum Gasteiger partial charge on any atom is -0.329 e. The monoisotopic (exact) mass is 150 g/mol. The van der Waals surface area contributed by atoms with Crippen molar-refractivity contribution in [3.8, 4) is 11.8 Å². The molecule has 0 amide bonds. The number of hydrogen-bond donors (Lipinski definition) is 1. The van der Waals surface area contributed by atoms with E-state index in [0.717, 1.165) is 25.9 Å². The second kappa shape index (κ2) is 2.51. The maximum absolute atomic E-state index is 5.71. The quantitative estimate of drug-likeness (QED) is 0.427. The molecule has 0 aromatic carbocycles. The van der Waals surface area contributed by atoms with Crippen molar-refractivity contribution in [3.05, 3.63) is 0 Å². The molecule has 2 heteroatoms. The van der Waals surface area contributed by atoms with Crippen LogP contribution >= 0.6 is 0 Å². The summed E-state index contributed by atoms with van der Waals surface area (Å²) in [5, 5.41) is 0. The van der Waals surface area contributed by atoms with Crippen molar-refractivity contribution in [2.75, 3.05) is 19.6 Å². The SMILES string of the molecule is NC[C@]12CCC#CCCN1C2. The first-order valence-electron chi connectivity index (χ1n) is 4.28. The summed E-state index contributed by atoms with van der Waals surface area (Å²) in [6.45, 7) is 3.14. The van der Waals surface area contributed by atoms with E-state index in [4.69, 9.17) is 5.73 Å². The van der Waals surface area contributed by atoms with Crippen LogP contribution in [0.3, 0.4) is 0 Å². The molecule has 0 saturated carbocycles. The van der Waals surface area contributed by atoms with E-state index in [1.165, 1.54) is 13.0 Å². The Bertz CT molecular complexity index is 213. The lowest BCUT2D eigenvalue weighted by atomic mass is 10.0. The van der Waals surface area contributed by atoms with Gasteiger partial charge in [0.2, 0.25) is 0 Å². The maximum atomic E-state index is 5.71. The normalized spacial score (nSPS) is 41.0. The second-order valence-corrected chi connectivity index (χ2v) is 3.45. The summed E-state index contributed by atoms with van der Waals surface area (Å²) < 4.78 is 0. The van der Waals surface area contributed by atoms with Crippen molar-refractivity contribution in [1.29, 1.82) is 0 Å². The van der Waals surface area contributed by atoms with Gasteiger partial charge in [0.25, 0.3) is 0 Å². The molecule has 0 radical (unpaired) electrons. The molecule has 1 fully saturated rings. The van der Waals surface area contributed by atoms with Gasteiger partial charge in [0.05, 0.1) is 0 Å². The fraction of sp³-hybridized carbons (Fsp3) is 0.778. The second-order valence-electron chi connectivity index (χ2n) is 3.45. The molecule has 2 aliphatic heterocycles. The molecule has 2 atom stereocenters. The molecule has 0 aromatic rings. The van der Waals surface area contributed by atoms with Crippen LogP contribution in [0.1, 0.15) is 19.3 Å². The standard InChI is InChI=1S/C9H14N2/c10-7-9-5-3-1-2-4-6-11(9)8-9/h3-8,10H2/t9-,11?/m0/s1. The smallest absolute Gasteiger partial charge is 0.0468 e. The lowest BCUT2D eigenvalue weighted by molar-refractivity contribution is 0.395. The Balaban J connectivity index is 2.03. The molecular formula is C9H14N2. The molecule has 2 nitrogen and oxygen atoms in total. The van der Waals surface area contributed by atoms with E-state index in [-0.39, 0.29) is 0 Å². The highest BCUT2D eigenvalue weighted by atomic mass is 15.4. The fourth-order valence-corrected chi connectivity index (χ4v) is 1.83. The highest BCUT2D eigenvalue weighted by molar-refractivity contribution is 5.14. The van der Waals surface area contributed by atoms with Gasteiger partial charge in [-0.1, -0.05) is 0 Å². The zero-order chi connectivity index (χ0) is 7.73. The highest BCUT2D eigenvalue weighted by Crippen LogP contribution is 2.36. The number of rotatable bonds is 1. The Morgan fingerprint density at radius 2 is 2.18 bits per heavy atom. The molecule has 11 heavy (non-hydrogen) atoms. The summed E-state index contributed by atoms with van der Waals surface area (Å²) in [5.74, 6) is 6.32. The van der Waals surface area contributed by atoms with Crippen molar-refractivity contribution in [3.63, 3.8) is 0 Å². The predicted octanol–water partition coefficient (Wildman–Crippen LogP) is 0.187. The van der Waals surface area contributed by atoms with Crippen molar-refractivity contribution < 1.29 is 0 Å². The van der Waals surface area contributed by atoms with Gasteiger partial charge in [-0.3, -0.25) is 4.90 Å². The van der Waals surface area contributed by atoms with Gasteiger partial charge in [-0.15, -0.1) is 11.8 Å². The number of hydrogen-bond acceptors (Lipinski definition) is 2. The fourth-order valence-electron chi connectivity index (χ4n) is 1.83. The van der Waals surface area contributed by atoms with Gasteiger partial charge in [-0.2, -0.15) is 0 Å². The third-order valence-electron chi connectivity index (χ3n) is 2.78. The molecule has 1 unspecified atom stereocenters. The number of fused-ring (bicyclic) bond motifs is 1. The topological polar surface area (TPSA) is 29.0 Å². The lowest BCUT2D eigenvalue weighted by Gasteiger charge is -2.14. The predicted molar refractivity (Wildman–Crippen MR) is 45.0 cm³/mol. The van der Waals surface area contributed by atoms with Crippen LogP contribution in [0.4, 0.5) is 0 Å². The number of nitrogens with zero attached hydrogens (tertiary/aromatic N) is 1. The minimum atomic E-state index is 0.370. The summed E-state index contributed by atoms with van der Waals surface area (Å²) in [5.41, 5.74) is 6.08. The van der Waals surface area contributed by atoms with Gasteiger partial charge >= 0.3 is 0 Å². The zero-order valence-electron chi connectivity index (χ0n) is 6.77. The Kier molecular flexibility index (Phi) is 1.63. The Hall–Kier alpha value is -0.520. The van der Waals surface area contributed by atoms with Gasteiger partial charge < -0.3 is 5.73 Å². The lowest BCUT2D eigenvalue weighted by Crippen LogP contribution is -2.29. The van der Waals surface area contributed by atoms with E-state index in [0.29, 0.717) is 5.54 Å². The summed E-state index contributed by atoms with van der Waals surface area (Å²) in [7, 11) is 0. The van der Waals surface area contributed by atoms with E-state index in [2.05, 4.69) is 16.7 Å². The van der Waals surface area contributed by atoms with Crippen LogP contribution in [0.25, 0.3) is 0 Å². The Morgan fingerprint density at radius 1 is 1.36 bits per heavy atom. The van der Waals surface area contributed by atoms with Gasteiger partial charge in [-0.05, 0) is 6.42 Å². The molecule has 2 aliphatic rings. The van der Waals surface area contributed by atoms with E-state index in [1.54, 1.807) is 0 Å². The summed E-state index contributed by atoms with van der Waals surface area (Å²) in [6, 6.07) is 0. The first kappa shape index (κ1) is 7.15. The van der Waals surface area contributed by atoms with Crippen molar-refractivity contribution in [2.24, 2.45) is 5.73 Å². The summed E-state index contributed by atoms with van der Waals surface area (Å²) >= 11 is 0. The van der Waals surface area contributed by atoms with E-state index in [9.17, 15) is 0 Å². The van der Waals surface area contributed by atoms with Crippen molar-refractivity contribution in [1.82, 2.24) is 4.90 Å². The molecule has 2 heterocycles. The molecule has 2 N–H and O–H groups in total. The van der Waals surface area contributed by atoms with E-state index < -0.39 is 0 Å². The molecule has 0 spiro atoms. The van der Waals surface area contributed by atoms with Crippen molar-refractivity contribution in [2.45, 2.75) is 24.8 Å². The highest BCUT2D eigenvalue weighted by Gasteiger charge is 2.49. The molecule has 0 aliphatic carbocycles. The zero-order valence-corrected chi connectivity index (χ0v) is 6.77. The van der Waals surface area contributed by atoms with Crippen LogP contribution < -0.4 is 5.73 Å².